The molecule has 5 N–H and O–H groups in total. The highest BCUT2D eigenvalue weighted by Crippen LogP contribution is 2.44. The summed E-state index contributed by atoms with van der Waals surface area (Å²) in [5, 5.41) is 10.3. The lowest BCUT2D eigenvalue weighted by Crippen LogP contribution is -2.58. The maximum Gasteiger partial charge on any atom is 0.228 e. The van der Waals surface area contributed by atoms with Crippen molar-refractivity contribution in [2.75, 3.05) is 19.7 Å². The zero-order valence-corrected chi connectivity index (χ0v) is 21.8. The first-order valence-electron chi connectivity index (χ1n) is 14.0. The van der Waals surface area contributed by atoms with Crippen LogP contribution in [0.1, 0.15) is 78.6 Å². The molecular weight excluding hydrogens is 445 g/mol. The van der Waals surface area contributed by atoms with Gasteiger partial charge >= 0.3 is 0 Å². The number of nitrogens with zero attached hydrogens (tertiary/aromatic N) is 1. The van der Waals surface area contributed by atoms with E-state index in [4.69, 9.17) is 10.5 Å². The summed E-state index contributed by atoms with van der Waals surface area (Å²) in [6.07, 6.45) is 8.55. The molecule has 35 heavy (non-hydrogen) atoms. The Hall–Kier alpha value is -1.51. The highest BCUT2D eigenvalue weighted by molar-refractivity contribution is 5.81. The standard InChI is InChI=1S/C27H46FN5O2/c1-4-11-27(5-2)13-20-23(25(29)33-22(27)12-18(28)14-31-20)26(34)32-21-16-30-15-19(24(21)35-6-3)17-9-7-8-10-17/h14,17-18,20-23,25,30,33H,4-13,15-16,29H2,1-3H3,(H,32,34)/b31-14-. The number of hydrogen-bond donors (Lipinski definition) is 4. The molecule has 0 aromatic carbocycles. The Balaban J connectivity index is 1.60. The van der Waals surface area contributed by atoms with Gasteiger partial charge in [-0.25, -0.2) is 4.39 Å². The summed E-state index contributed by atoms with van der Waals surface area (Å²) < 4.78 is 20.9. The summed E-state index contributed by atoms with van der Waals surface area (Å²) in [5.74, 6) is 0.771. The van der Waals surface area contributed by atoms with Gasteiger partial charge in [0, 0.05) is 25.3 Å². The van der Waals surface area contributed by atoms with Crippen molar-refractivity contribution < 1.29 is 13.9 Å². The van der Waals surface area contributed by atoms with E-state index < -0.39 is 18.3 Å². The number of alkyl halides is 1. The number of nitrogens with one attached hydrogen (secondary N) is 3. The molecule has 4 rings (SSSR count). The maximum atomic E-state index is 14.8. The molecule has 3 heterocycles. The van der Waals surface area contributed by atoms with E-state index in [9.17, 15) is 9.18 Å². The summed E-state index contributed by atoms with van der Waals surface area (Å²) in [6.45, 7) is 8.36. The molecule has 0 radical (unpaired) electrons. The van der Waals surface area contributed by atoms with Gasteiger partial charge in [0.1, 0.15) is 11.9 Å². The van der Waals surface area contributed by atoms with Crippen LogP contribution in [0, 0.1) is 17.3 Å². The van der Waals surface area contributed by atoms with Crippen molar-refractivity contribution in [3.8, 4) is 0 Å². The molecule has 1 aliphatic carbocycles. The van der Waals surface area contributed by atoms with Crippen molar-refractivity contribution in [2.45, 2.75) is 109 Å². The van der Waals surface area contributed by atoms with E-state index in [0.29, 0.717) is 25.5 Å². The molecule has 7 unspecified atom stereocenters. The highest BCUT2D eigenvalue weighted by atomic mass is 19.1. The average molecular weight is 492 g/mol. The van der Waals surface area contributed by atoms with Crippen LogP contribution in [0.2, 0.25) is 0 Å². The zero-order valence-electron chi connectivity index (χ0n) is 21.8. The molecule has 7 atom stereocenters. The largest absolute Gasteiger partial charge is 0.496 e. The normalized spacial score (nSPS) is 39.1. The van der Waals surface area contributed by atoms with E-state index in [-0.39, 0.29) is 29.4 Å². The minimum absolute atomic E-state index is 0.0753. The third-order valence-corrected chi connectivity index (χ3v) is 8.97. The summed E-state index contributed by atoms with van der Waals surface area (Å²) >= 11 is 0. The van der Waals surface area contributed by atoms with Crippen molar-refractivity contribution in [1.29, 1.82) is 0 Å². The van der Waals surface area contributed by atoms with Crippen molar-refractivity contribution >= 4 is 12.1 Å². The lowest BCUT2D eigenvalue weighted by Gasteiger charge is -2.42. The van der Waals surface area contributed by atoms with Gasteiger partial charge < -0.3 is 21.1 Å². The van der Waals surface area contributed by atoms with Crippen molar-refractivity contribution in [3.05, 3.63) is 11.3 Å². The van der Waals surface area contributed by atoms with E-state index in [1.54, 1.807) is 0 Å². The number of nitrogens with two attached hydrogens (primary N) is 1. The lowest BCUT2D eigenvalue weighted by atomic mass is 9.68. The minimum Gasteiger partial charge on any atom is -0.496 e. The van der Waals surface area contributed by atoms with Gasteiger partial charge in [-0.05, 0) is 62.4 Å². The summed E-state index contributed by atoms with van der Waals surface area (Å²) in [4.78, 5) is 18.5. The fourth-order valence-electron chi connectivity index (χ4n) is 7.18. The molecule has 1 saturated heterocycles. The molecule has 4 aliphatic rings. The molecular formula is C27H46FN5O2. The Kier molecular flexibility index (Phi) is 8.87. The topological polar surface area (TPSA) is 101 Å². The molecule has 0 spiro atoms. The Morgan fingerprint density at radius 2 is 2.09 bits per heavy atom. The van der Waals surface area contributed by atoms with Gasteiger partial charge in [0.15, 0.2) is 0 Å². The van der Waals surface area contributed by atoms with Gasteiger partial charge in [-0.15, -0.1) is 0 Å². The number of ether oxygens (including phenoxy) is 1. The minimum atomic E-state index is -1.13. The van der Waals surface area contributed by atoms with Crippen LogP contribution in [0.15, 0.2) is 16.3 Å². The average Bonchev–Trinajstić information content (AvgIpc) is 3.34. The number of halogens is 1. The van der Waals surface area contributed by atoms with Gasteiger partial charge in [-0.3, -0.25) is 15.1 Å². The van der Waals surface area contributed by atoms with Crippen LogP contribution in [0.5, 0.6) is 0 Å². The Labute approximate surface area is 210 Å². The first kappa shape index (κ1) is 26.6. The number of aliphatic imine (C=N–C) groups is 1. The van der Waals surface area contributed by atoms with Crippen molar-refractivity contribution in [1.82, 2.24) is 16.0 Å². The van der Waals surface area contributed by atoms with Gasteiger partial charge in [0.05, 0.1) is 30.8 Å². The maximum absolute atomic E-state index is 14.8. The smallest absolute Gasteiger partial charge is 0.228 e. The monoisotopic (exact) mass is 491 g/mol. The summed E-state index contributed by atoms with van der Waals surface area (Å²) in [6, 6.07) is -0.653. The second kappa shape index (κ2) is 11.7. The first-order chi connectivity index (χ1) is 16.9. The SMILES string of the molecule is CCCC1(CC)CC2/N=C\C(F)CC1NC(N)C2C(=O)NC1CNCC(C2CCCC2)=C1OCC. The molecule has 2 bridgehead atoms. The van der Waals surface area contributed by atoms with Gasteiger partial charge in [-0.2, -0.15) is 0 Å². The van der Waals surface area contributed by atoms with Crippen molar-refractivity contribution in [3.63, 3.8) is 0 Å². The Morgan fingerprint density at radius 3 is 2.77 bits per heavy atom. The third kappa shape index (κ3) is 5.59. The summed E-state index contributed by atoms with van der Waals surface area (Å²) in [5.41, 5.74) is 7.85. The number of rotatable bonds is 8. The second-order valence-corrected chi connectivity index (χ2v) is 11.1. The number of amides is 1. The predicted octanol–water partition coefficient (Wildman–Crippen LogP) is 3.20. The van der Waals surface area contributed by atoms with Crippen LogP contribution in [0.25, 0.3) is 0 Å². The van der Waals surface area contributed by atoms with Crippen LogP contribution >= 0.6 is 0 Å². The molecule has 1 saturated carbocycles. The second-order valence-electron chi connectivity index (χ2n) is 11.1. The number of hydrogen-bond acceptors (Lipinski definition) is 6. The van der Waals surface area contributed by atoms with E-state index in [2.05, 4.69) is 34.8 Å². The number of carbonyl (C=O) groups excluding carboxylic acids is 1. The fourth-order valence-corrected chi connectivity index (χ4v) is 7.18. The quantitative estimate of drug-likeness (QED) is 0.418. The van der Waals surface area contributed by atoms with E-state index in [1.165, 1.54) is 37.5 Å². The third-order valence-electron chi connectivity index (χ3n) is 8.97. The fraction of sp³-hybridized carbons (Fsp3) is 0.852. The predicted molar refractivity (Wildman–Crippen MR) is 138 cm³/mol. The number of carbonyl (C=O) groups is 1. The molecule has 198 valence electrons. The first-order valence-corrected chi connectivity index (χ1v) is 14.0. The van der Waals surface area contributed by atoms with Crippen LogP contribution in [0.4, 0.5) is 4.39 Å². The Morgan fingerprint density at radius 1 is 1.31 bits per heavy atom. The van der Waals surface area contributed by atoms with Crippen LogP contribution in [-0.4, -0.2) is 62.3 Å². The van der Waals surface area contributed by atoms with Gasteiger partial charge in [-0.1, -0.05) is 33.1 Å². The molecule has 1 amide bonds. The van der Waals surface area contributed by atoms with Crippen LogP contribution in [0.3, 0.4) is 0 Å². The summed E-state index contributed by atoms with van der Waals surface area (Å²) in [7, 11) is 0. The van der Waals surface area contributed by atoms with Crippen LogP contribution in [-0.2, 0) is 9.53 Å². The highest BCUT2D eigenvalue weighted by Gasteiger charge is 2.49. The molecule has 0 aromatic rings. The van der Waals surface area contributed by atoms with Gasteiger partial charge in [0.2, 0.25) is 5.91 Å². The molecule has 0 aromatic heterocycles. The molecule has 3 aliphatic heterocycles. The molecule has 8 heteroatoms. The van der Waals surface area contributed by atoms with Crippen LogP contribution < -0.4 is 21.7 Å². The zero-order chi connectivity index (χ0) is 25.0. The van der Waals surface area contributed by atoms with Gasteiger partial charge in [0.25, 0.3) is 0 Å². The van der Waals surface area contributed by atoms with Crippen molar-refractivity contribution in [2.24, 2.45) is 28.0 Å². The molecule has 2 fully saturated rings. The number of fused-ring (bicyclic) bond motifs is 3. The Bertz CT molecular complexity index is 798. The lowest BCUT2D eigenvalue weighted by molar-refractivity contribution is -0.127. The van der Waals surface area contributed by atoms with E-state index in [0.717, 1.165) is 38.0 Å². The van der Waals surface area contributed by atoms with E-state index in [1.807, 2.05) is 6.92 Å². The van der Waals surface area contributed by atoms with E-state index >= 15 is 0 Å². The molecule has 7 nitrogen and oxygen atoms in total.